The van der Waals surface area contributed by atoms with E-state index in [0.29, 0.717) is 25.9 Å². The summed E-state index contributed by atoms with van der Waals surface area (Å²) in [6.45, 7) is 4.72. The van der Waals surface area contributed by atoms with E-state index in [-0.39, 0.29) is 5.91 Å². The van der Waals surface area contributed by atoms with Crippen molar-refractivity contribution in [3.63, 3.8) is 0 Å². The van der Waals surface area contributed by atoms with E-state index < -0.39 is 24.1 Å². The first-order valence-corrected chi connectivity index (χ1v) is 15.0. The fourth-order valence-electron chi connectivity index (χ4n) is 4.35. The van der Waals surface area contributed by atoms with Crippen LogP contribution >= 0.6 is 0 Å². The number of unbranched alkanes of at least 4 members (excludes halogenated alkanes) is 12. The Bertz CT molecular complexity index is 673. The topological polar surface area (TPSA) is 81.7 Å². The van der Waals surface area contributed by atoms with Gasteiger partial charge in [0.1, 0.15) is 6.04 Å². The maximum absolute atomic E-state index is 12.6. The van der Waals surface area contributed by atoms with Crippen molar-refractivity contribution in [3.05, 3.63) is 24.3 Å². The SMILES string of the molecule is CCCCCC=CCC=CCCCCCCCCOC(=O)C(CCCCCC)OC(=O)[C@@H]1CCC(=O)N1. The second kappa shape index (κ2) is 23.0. The maximum atomic E-state index is 12.6. The van der Waals surface area contributed by atoms with Crippen LogP contribution in [0, 0.1) is 0 Å². The zero-order valence-corrected chi connectivity index (χ0v) is 23.6. The van der Waals surface area contributed by atoms with Crippen molar-refractivity contribution in [1.29, 1.82) is 0 Å². The molecule has 6 nitrogen and oxygen atoms in total. The van der Waals surface area contributed by atoms with Gasteiger partial charge in [-0.3, -0.25) is 4.79 Å². The summed E-state index contributed by atoms with van der Waals surface area (Å²) in [7, 11) is 0. The van der Waals surface area contributed by atoms with E-state index in [2.05, 4.69) is 43.5 Å². The van der Waals surface area contributed by atoms with Crippen LogP contribution in [-0.4, -0.2) is 36.6 Å². The lowest BCUT2D eigenvalue weighted by Gasteiger charge is -2.19. The first-order valence-electron chi connectivity index (χ1n) is 15.0. The normalized spacial score (nSPS) is 16.4. The Morgan fingerprint density at radius 2 is 1.43 bits per heavy atom. The smallest absolute Gasteiger partial charge is 0.347 e. The van der Waals surface area contributed by atoms with Crippen LogP contribution in [0.4, 0.5) is 0 Å². The number of ether oxygens (including phenoxy) is 2. The van der Waals surface area contributed by atoms with Crippen molar-refractivity contribution in [2.75, 3.05) is 6.61 Å². The van der Waals surface area contributed by atoms with E-state index in [1.54, 1.807) is 0 Å². The predicted octanol–water partition coefficient (Wildman–Crippen LogP) is 7.50. The third kappa shape index (κ3) is 17.9. The standard InChI is InChI=1S/C31H53NO5/c1-3-5-7-9-10-11-12-13-14-15-16-17-18-19-20-22-26-36-31(35)28(23-21-8-6-4-2)37-30(34)27-24-25-29(33)32-27/h10-11,13-14,27-28H,3-9,12,15-26H2,1-2H3,(H,32,33)/t27-,28?/m0/s1. The van der Waals surface area contributed by atoms with Gasteiger partial charge in [0.15, 0.2) is 6.10 Å². The maximum Gasteiger partial charge on any atom is 0.347 e. The van der Waals surface area contributed by atoms with Crippen LogP contribution in [0.25, 0.3) is 0 Å². The highest BCUT2D eigenvalue weighted by molar-refractivity contribution is 5.89. The first kappa shape index (κ1) is 32.9. The second-order valence-corrected chi connectivity index (χ2v) is 10.2. The fourth-order valence-corrected chi connectivity index (χ4v) is 4.35. The van der Waals surface area contributed by atoms with Crippen molar-refractivity contribution in [3.8, 4) is 0 Å². The number of carbonyl (C=O) groups is 3. The van der Waals surface area contributed by atoms with E-state index >= 15 is 0 Å². The lowest BCUT2D eigenvalue weighted by atomic mass is 10.1. The molecule has 1 fully saturated rings. The highest BCUT2D eigenvalue weighted by atomic mass is 16.6. The number of hydrogen-bond acceptors (Lipinski definition) is 5. The van der Waals surface area contributed by atoms with Crippen LogP contribution in [0.2, 0.25) is 0 Å². The molecule has 0 radical (unpaired) electrons. The Kier molecular flexibility index (Phi) is 20.5. The summed E-state index contributed by atoms with van der Waals surface area (Å²) in [4.78, 5) is 36.4. The number of allylic oxidation sites excluding steroid dienone is 4. The second-order valence-electron chi connectivity index (χ2n) is 10.2. The van der Waals surface area contributed by atoms with Gasteiger partial charge in [-0.25, -0.2) is 9.59 Å². The lowest BCUT2D eigenvalue weighted by Crippen LogP contribution is -2.39. The van der Waals surface area contributed by atoms with Crippen LogP contribution < -0.4 is 5.32 Å². The summed E-state index contributed by atoms with van der Waals surface area (Å²) in [5, 5.41) is 2.61. The molecule has 1 amide bonds. The molecule has 1 aliphatic rings. The van der Waals surface area contributed by atoms with Crippen LogP contribution in [0.3, 0.4) is 0 Å². The van der Waals surface area contributed by atoms with Gasteiger partial charge in [-0.2, -0.15) is 0 Å². The summed E-state index contributed by atoms with van der Waals surface area (Å²) in [5.41, 5.74) is 0. The number of amides is 1. The molecule has 1 saturated heterocycles. The molecule has 2 atom stereocenters. The first-order chi connectivity index (χ1) is 18.1. The Morgan fingerprint density at radius 3 is 2.08 bits per heavy atom. The minimum Gasteiger partial charge on any atom is -0.463 e. The van der Waals surface area contributed by atoms with Gasteiger partial charge in [0.2, 0.25) is 5.91 Å². The van der Waals surface area contributed by atoms with E-state index in [0.717, 1.165) is 57.8 Å². The Labute approximate surface area is 226 Å². The van der Waals surface area contributed by atoms with Gasteiger partial charge in [-0.15, -0.1) is 0 Å². The molecule has 0 aliphatic carbocycles. The summed E-state index contributed by atoms with van der Waals surface area (Å²) in [6.07, 6.45) is 27.4. The summed E-state index contributed by atoms with van der Waals surface area (Å²) < 4.78 is 10.9. The summed E-state index contributed by atoms with van der Waals surface area (Å²) in [5.74, 6) is -1.14. The molecular weight excluding hydrogens is 466 g/mol. The molecule has 0 saturated carbocycles. The molecular formula is C31H53NO5. The quantitative estimate of drug-likeness (QED) is 0.0858. The highest BCUT2D eigenvalue weighted by Gasteiger charge is 2.32. The van der Waals surface area contributed by atoms with Gasteiger partial charge in [0.05, 0.1) is 6.61 Å². The molecule has 1 N–H and O–H groups in total. The average molecular weight is 520 g/mol. The van der Waals surface area contributed by atoms with Gasteiger partial charge in [0.25, 0.3) is 0 Å². The molecule has 1 unspecified atom stereocenters. The van der Waals surface area contributed by atoms with E-state index in [1.807, 2.05) is 0 Å². The minimum absolute atomic E-state index is 0.151. The van der Waals surface area contributed by atoms with Gasteiger partial charge in [-0.1, -0.05) is 95.9 Å². The van der Waals surface area contributed by atoms with Crippen LogP contribution in [0.1, 0.15) is 136 Å². The van der Waals surface area contributed by atoms with Gasteiger partial charge >= 0.3 is 11.9 Å². The summed E-state index contributed by atoms with van der Waals surface area (Å²) >= 11 is 0. The van der Waals surface area contributed by atoms with Crippen molar-refractivity contribution >= 4 is 17.8 Å². The number of esters is 2. The Morgan fingerprint density at radius 1 is 0.838 bits per heavy atom. The fraction of sp³-hybridized carbons (Fsp3) is 0.774. The third-order valence-corrected chi connectivity index (χ3v) is 6.71. The molecule has 0 aromatic heterocycles. The molecule has 1 heterocycles. The minimum atomic E-state index is -0.883. The molecule has 6 heteroatoms. The Hall–Kier alpha value is -2.11. The van der Waals surface area contributed by atoms with E-state index in [4.69, 9.17) is 9.47 Å². The number of nitrogens with one attached hydrogen (secondary N) is 1. The van der Waals surface area contributed by atoms with Gasteiger partial charge < -0.3 is 14.8 Å². The molecule has 1 aliphatic heterocycles. The Balaban J connectivity index is 2.12. The van der Waals surface area contributed by atoms with Crippen LogP contribution in [-0.2, 0) is 23.9 Å². The van der Waals surface area contributed by atoms with Crippen LogP contribution in [0.5, 0.6) is 0 Å². The van der Waals surface area contributed by atoms with Crippen molar-refractivity contribution in [1.82, 2.24) is 5.32 Å². The van der Waals surface area contributed by atoms with E-state index in [9.17, 15) is 14.4 Å². The average Bonchev–Trinajstić information content (AvgIpc) is 3.33. The van der Waals surface area contributed by atoms with Crippen molar-refractivity contribution in [2.45, 2.75) is 148 Å². The zero-order valence-electron chi connectivity index (χ0n) is 23.6. The number of hydrogen-bond donors (Lipinski definition) is 1. The summed E-state index contributed by atoms with van der Waals surface area (Å²) in [6, 6.07) is -0.647. The lowest BCUT2D eigenvalue weighted by molar-refractivity contribution is -0.169. The van der Waals surface area contributed by atoms with Gasteiger partial charge in [-0.05, 0) is 57.8 Å². The zero-order chi connectivity index (χ0) is 27.0. The molecule has 0 spiro atoms. The van der Waals surface area contributed by atoms with Crippen LogP contribution in [0.15, 0.2) is 24.3 Å². The molecule has 212 valence electrons. The highest BCUT2D eigenvalue weighted by Crippen LogP contribution is 2.15. The molecule has 1 rings (SSSR count). The molecule has 0 aromatic carbocycles. The molecule has 0 aromatic rings. The largest absolute Gasteiger partial charge is 0.463 e. The predicted molar refractivity (Wildman–Crippen MR) is 150 cm³/mol. The molecule has 0 bridgehead atoms. The third-order valence-electron chi connectivity index (χ3n) is 6.71. The monoisotopic (exact) mass is 519 g/mol. The van der Waals surface area contributed by atoms with E-state index in [1.165, 1.54) is 44.9 Å². The van der Waals surface area contributed by atoms with Gasteiger partial charge in [0, 0.05) is 6.42 Å². The number of carbonyl (C=O) groups excluding carboxylic acids is 3. The molecule has 37 heavy (non-hydrogen) atoms. The van der Waals surface area contributed by atoms with Crippen molar-refractivity contribution < 1.29 is 23.9 Å². The number of rotatable bonds is 23. The van der Waals surface area contributed by atoms with Crippen molar-refractivity contribution in [2.24, 2.45) is 0 Å².